The zero-order valence-corrected chi connectivity index (χ0v) is 62.5. The number of aromatic amines is 4. The van der Waals surface area contributed by atoms with E-state index >= 15 is 0 Å². The van der Waals surface area contributed by atoms with E-state index in [1.165, 1.54) is 105 Å². The van der Waals surface area contributed by atoms with Crippen LogP contribution in [0.3, 0.4) is 0 Å². The van der Waals surface area contributed by atoms with Gasteiger partial charge in [-0.05, 0) is 199 Å². The summed E-state index contributed by atoms with van der Waals surface area (Å²) in [5.74, 6) is 0.669. The van der Waals surface area contributed by atoms with Gasteiger partial charge in [0.2, 0.25) is 0 Å². The van der Waals surface area contributed by atoms with Gasteiger partial charge in [-0.3, -0.25) is 4.90 Å². The zero-order chi connectivity index (χ0) is 72.0. The highest BCUT2D eigenvalue weighted by molar-refractivity contribution is 9.10. The van der Waals surface area contributed by atoms with Crippen LogP contribution in [0, 0.1) is 5.82 Å². The van der Waals surface area contributed by atoms with Crippen LogP contribution in [0.15, 0.2) is 211 Å². The molecule has 0 bridgehead atoms. The SMILES string of the molecule is CCCCCC1c2[nH]c3ccc(Cl)cc3c2CCN1Cc1ccccc1.CCNC(=S)N1CCc2c([nH]c3ccc(Cl)cc23)C1c1ccc(OCc2ccccc2)cc1.FC(F)(F)c1cccc(C2NCCc3c2[nH]c2ccc(Br)cc32)c1.Fc1ccccc1C1NCCc2c1[nH]c1ccc(Cl)cc21. The lowest BCUT2D eigenvalue weighted by molar-refractivity contribution is -0.137. The minimum absolute atomic E-state index is 0.00495. The van der Waals surface area contributed by atoms with Crippen LogP contribution in [-0.2, 0) is 45.0 Å². The molecule has 0 saturated heterocycles. The average Bonchev–Trinajstić information content (AvgIpc) is 1.63. The van der Waals surface area contributed by atoms with Crippen LogP contribution in [0.5, 0.6) is 5.75 Å². The Bertz CT molecular complexity index is 5160. The molecule has 8 heterocycles. The first-order valence-corrected chi connectivity index (χ1v) is 38.1. The third kappa shape index (κ3) is 16.0. The summed E-state index contributed by atoms with van der Waals surface area (Å²) in [4.78, 5) is 19.1. The molecule has 0 spiro atoms. The molecule has 0 aliphatic carbocycles. The van der Waals surface area contributed by atoms with Crippen molar-refractivity contribution in [1.29, 1.82) is 0 Å². The lowest BCUT2D eigenvalue weighted by atomic mass is 9.92. The van der Waals surface area contributed by atoms with Gasteiger partial charge in [-0.15, -0.1) is 0 Å². The number of alkyl halides is 3. The Hall–Kier alpha value is -8.42. The van der Waals surface area contributed by atoms with Crippen molar-refractivity contribution < 1.29 is 22.3 Å². The monoisotopic (exact) mass is 1540 g/mol. The van der Waals surface area contributed by atoms with Crippen LogP contribution >= 0.6 is 63.0 Å². The maximum atomic E-state index is 14.1. The van der Waals surface area contributed by atoms with Crippen molar-refractivity contribution in [2.75, 3.05) is 32.7 Å². The number of aromatic nitrogens is 4. The molecule has 0 radical (unpaired) electrons. The minimum Gasteiger partial charge on any atom is -0.489 e. The van der Waals surface area contributed by atoms with Crippen LogP contribution in [0.1, 0.15) is 142 Å². The lowest BCUT2D eigenvalue weighted by Crippen LogP contribution is -2.45. The van der Waals surface area contributed by atoms with Crippen LogP contribution in [-0.4, -0.2) is 67.6 Å². The minimum atomic E-state index is -4.33. The molecule has 10 nitrogen and oxygen atoms in total. The predicted molar refractivity (Wildman–Crippen MR) is 424 cm³/mol. The first kappa shape index (κ1) is 72.5. The van der Waals surface area contributed by atoms with Gasteiger partial charge in [-0.2, -0.15) is 13.2 Å². The van der Waals surface area contributed by atoms with E-state index < -0.39 is 11.7 Å². The fourth-order valence-electron chi connectivity index (χ4n) is 15.4. The molecule has 13 aromatic rings. The maximum absolute atomic E-state index is 14.1. The van der Waals surface area contributed by atoms with E-state index in [1.807, 2.05) is 84.9 Å². The summed E-state index contributed by atoms with van der Waals surface area (Å²) in [6.07, 6.45) is 4.50. The highest BCUT2D eigenvalue weighted by Crippen LogP contribution is 2.43. The van der Waals surface area contributed by atoms with Gasteiger partial charge in [0.1, 0.15) is 18.2 Å². The number of unbranched alkanes of at least 4 members (excludes halogenated alkanes) is 2. The van der Waals surface area contributed by atoms with E-state index in [4.69, 9.17) is 51.8 Å². The van der Waals surface area contributed by atoms with Crippen molar-refractivity contribution in [3.8, 4) is 5.75 Å². The van der Waals surface area contributed by atoms with Gasteiger partial charge in [0.15, 0.2) is 5.11 Å². The molecular weight excluding hydrogens is 1460 g/mol. The van der Waals surface area contributed by atoms with E-state index in [2.05, 4.69) is 160 Å². The Kier molecular flexibility index (Phi) is 22.7. The number of fused-ring (bicyclic) bond motifs is 12. The van der Waals surface area contributed by atoms with Crippen molar-refractivity contribution >= 4 is 112 Å². The highest BCUT2D eigenvalue weighted by atomic mass is 79.9. The second-order valence-corrected chi connectivity index (χ2v) is 29.6. The van der Waals surface area contributed by atoms with Crippen molar-refractivity contribution in [3.63, 3.8) is 0 Å². The molecule has 4 atom stereocenters. The molecule has 4 aromatic heterocycles. The summed E-state index contributed by atoms with van der Waals surface area (Å²) >= 11 is 27.9. The van der Waals surface area contributed by atoms with Crippen LogP contribution in [0.2, 0.25) is 15.1 Å². The lowest BCUT2D eigenvalue weighted by Gasteiger charge is -2.38. The molecule has 0 saturated carbocycles. The Morgan fingerprint density at radius 1 is 0.548 bits per heavy atom. The molecule has 4 aliphatic rings. The van der Waals surface area contributed by atoms with E-state index in [-0.39, 0.29) is 23.9 Å². The van der Waals surface area contributed by atoms with Gasteiger partial charge in [-0.25, -0.2) is 4.39 Å². The van der Waals surface area contributed by atoms with E-state index in [0.717, 1.165) is 146 Å². The third-order valence-electron chi connectivity index (χ3n) is 20.3. The van der Waals surface area contributed by atoms with E-state index in [9.17, 15) is 17.6 Å². The summed E-state index contributed by atoms with van der Waals surface area (Å²) in [7, 11) is 0. The summed E-state index contributed by atoms with van der Waals surface area (Å²) in [5.41, 5.74) is 18.6. The zero-order valence-electron chi connectivity index (χ0n) is 57.8. The number of hydrogen-bond acceptors (Lipinski definition) is 5. The predicted octanol–water partition coefficient (Wildman–Crippen LogP) is 22.1. The summed E-state index contributed by atoms with van der Waals surface area (Å²) in [5, 5.41) is 17.9. The molecule has 4 aliphatic heterocycles. The molecule has 17 rings (SSSR count). The second-order valence-electron chi connectivity index (χ2n) is 27.0. The normalized spacial score (nSPS) is 17.0. The fourth-order valence-corrected chi connectivity index (χ4v) is 16.6. The van der Waals surface area contributed by atoms with Crippen LogP contribution in [0.25, 0.3) is 43.6 Å². The van der Waals surface area contributed by atoms with Gasteiger partial charge in [0.25, 0.3) is 0 Å². The second kappa shape index (κ2) is 32.5. The Morgan fingerprint density at radius 3 is 1.70 bits per heavy atom. The summed E-state index contributed by atoms with van der Waals surface area (Å²) < 4.78 is 60.1. The number of ether oxygens (including phenoxy) is 1. The number of rotatable bonds is 13. The molecular formula is C85H81BrCl3F4N9OS. The first-order chi connectivity index (χ1) is 50.6. The Labute approximate surface area is 632 Å². The van der Waals surface area contributed by atoms with E-state index in [0.29, 0.717) is 23.8 Å². The van der Waals surface area contributed by atoms with Crippen molar-refractivity contribution in [3.05, 3.63) is 310 Å². The molecule has 19 heteroatoms. The van der Waals surface area contributed by atoms with Crippen LogP contribution in [0.4, 0.5) is 17.6 Å². The topological polar surface area (TPSA) is 115 Å². The first-order valence-electron chi connectivity index (χ1n) is 35.7. The van der Waals surface area contributed by atoms with Crippen molar-refractivity contribution in [2.45, 2.75) is 109 Å². The molecule has 0 amide bonds. The van der Waals surface area contributed by atoms with Crippen molar-refractivity contribution in [1.82, 2.24) is 45.7 Å². The van der Waals surface area contributed by atoms with Gasteiger partial charge in [-0.1, -0.05) is 180 Å². The number of benzene rings is 9. The average molecular weight is 1540 g/mol. The number of hydrogen-bond donors (Lipinski definition) is 7. The highest BCUT2D eigenvalue weighted by Gasteiger charge is 2.36. The summed E-state index contributed by atoms with van der Waals surface area (Å²) in [6.45, 7) is 10.2. The Balaban J connectivity index is 0.000000119. The van der Waals surface area contributed by atoms with Gasteiger partial charge >= 0.3 is 6.18 Å². The molecule has 534 valence electrons. The summed E-state index contributed by atoms with van der Waals surface area (Å²) in [6, 6.07) is 66.1. The van der Waals surface area contributed by atoms with Gasteiger partial charge in [0.05, 0.1) is 29.7 Å². The molecule has 0 fully saturated rings. The number of nitrogens with zero attached hydrogens (tertiary/aromatic N) is 2. The fraction of sp³-hybridized carbons (Fsp3) is 0.259. The molecule has 9 aromatic carbocycles. The standard InChI is InChI=1S/C27H26ClN3OS.C23H27ClN2.C18H14BrF3N2.C17H14ClFN2/c1-2-29-27(33)31-15-14-22-23-16-20(28)10-13-24(23)30-25(22)26(31)19-8-11-21(12-9-19)32-17-18-6-4-3-5-7-18;1-2-3-5-10-22-23-19(20-15-18(24)11-12-21(20)25-23)13-14-26(22)16-17-8-6-4-7-9-17;19-12-4-5-15-14(9-12)13-6-7-23-16(17(13)24-15)10-2-1-3-11(8-10)18(20,21)22;18-10-5-6-15-13(9-10)11-7-8-20-16(17(11)21-15)12-3-1-2-4-14(12)19/h3-13,16,26,30H,2,14-15,17H2,1H3,(H,29,33);4,6-9,11-12,15,22,25H,2-3,5,10,13-14,16H2,1H3;1-5,8-9,16,23-24H,6-7H2;1-6,9,16,20-21H,7-8H2. The number of thiocarbonyl (C=S) groups is 1. The largest absolute Gasteiger partial charge is 0.489 e. The molecule has 7 N–H and O–H groups in total. The van der Waals surface area contributed by atoms with E-state index in [1.54, 1.807) is 12.1 Å². The van der Waals surface area contributed by atoms with Crippen molar-refractivity contribution in [2.24, 2.45) is 0 Å². The number of halogens is 8. The van der Waals surface area contributed by atoms with Gasteiger partial charge < -0.3 is 45.5 Å². The number of nitrogens with one attached hydrogen (secondary N) is 7. The molecule has 4 unspecified atom stereocenters. The Morgan fingerprint density at radius 2 is 1.09 bits per heavy atom. The number of H-pyrrole nitrogens is 4. The maximum Gasteiger partial charge on any atom is 0.416 e. The smallest absolute Gasteiger partial charge is 0.416 e. The van der Waals surface area contributed by atoms with Gasteiger partial charge in [0, 0.05) is 131 Å². The molecule has 104 heavy (non-hydrogen) atoms. The third-order valence-corrected chi connectivity index (χ3v) is 21.9. The van der Waals surface area contributed by atoms with Crippen LogP contribution < -0.4 is 20.7 Å². The quantitative estimate of drug-likeness (QED) is 0.0349.